The Morgan fingerprint density at radius 3 is 2.80 bits per heavy atom. The van der Waals surface area contributed by atoms with Gasteiger partial charge in [-0.25, -0.2) is 5.06 Å². The zero-order chi connectivity index (χ0) is 7.98. The van der Waals surface area contributed by atoms with Gasteiger partial charge in [0.25, 0.3) is 0 Å². The molecule has 0 fully saturated rings. The van der Waals surface area contributed by atoms with Gasteiger partial charge in [0, 0.05) is 13.5 Å². The van der Waals surface area contributed by atoms with Crippen LogP contribution in [0.2, 0.25) is 0 Å². The van der Waals surface area contributed by atoms with Crippen molar-refractivity contribution in [1.82, 2.24) is 5.06 Å². The summed E-state index contributed by atoms with van der Waals surface area (Å²) >= 11 is 0. The molecule has 0 rings (SSSR count). The predicted molar refractivity (Wildman–Crippen MR) is 35.3 cm³/mol. The maximum Gasteiger partial charge on any atom is 0.246 e. The molecular formula is C6H12NO3. The second kappa shape index (κ2) is 5.20. The van der Waals surface area contributed by atoms with Crippen LogP contribution in [0, 0.1) is 6.92 Å². The number of rotatable bonds is 4. The van der Waals surface area contributed by atoms with Gasteiger partial charge < -0.3 is 4.74 Å². The Kier molecular flexibility index (Phi) is 4.88. The normalized spacial score (nSPS) is 9.50. The molecule has 0 atom stereocenters. The van der Waals surface area contributed by atoms with Crippen molar-refractivity contribution in [3.8, 4) is 0 Å². The fourth-order valence-corrected chi connectivity index (χ4v) is 0.420. The van der Waals surface area contributed by atoms with Crippen LogP contribution in [0.3, 0.4) is 0 Å². The Morgan fingerprint density at radius 2 is 2.40 bits per heavy atom. The first-order chi connectivity index (χ1) is 4.68. The number of hydroxylamine groups is 2. The highest BCUT2D eigenvalue weighted by Crippen LogP contribution is 1.82. The molecule has 59 valence electrons. The molecule has 4 nitrogen and oxygen atoms in total. The Balaban J connectivity index is 3.21. The standard InChI is InChI=1S/C6H12NO3/c1-3-10-5-4-7(9)6(2)8/h9H,2-5H2,1H3. The van der Waals surface area contributed by atoms with Crippen molar-refractivity contribution in [3.05, 3.63) is 6.92 Å². The molecule has 0 aliphatic heterocycles. The van der Waals surface area contributed by atoms with Crippen molar-refractivity contribution in [2.75, 3.05) is 19.8 Å². The molecule has 1 amide bonds. The van der Waals surface area contributed by atoms with Gasteiger partial charge in [-0.2, -0.15) is 0 Å². The van der Waals surface area contributed by atoms with E-state index in [0.29, 0.717) is 18.3 Å². The van der Waals surface area contributed by atoms with Gasteiger partial charge in [0.15, 0.2) is 0 Å². The lowest BCUT2D eigenvalue weighted by Crippen LogP contribution is -2.28. The van der Waals surface area contributed by atoms with Crippen LogP contribution >= 0.6 is 0 Å². The van der Waals surface area contributed by atoms with Crippen molar-refractivity contribution in [1.29, 1.82) is 0 Å². The van der Waals surface area contributed by atoms with Crippen LogP contribution in [-0.2, 0) is 9.53 Å². The fourth-order valence-electron chi connectivity index (χ4n) is 0.420. The van der Waals surface area contributed by atoms with E-state index in [1.54, 1.807) is 0 Å². The van der Waals surface area contributed by atoms with Crippen molar-refractivity contribution < 1.29 is 14.7 Å². The minimum Gasteiger partial charge on any atom is -0.380 e. The second-order valence-corrected chi connectivity index (χ2v) is 1.71. The highest BCUT2D eigenvalue weighted by molar-refractivity contribution is 5.78. The van der Waals surface area contributed by atoms with Crippen LogP contribution in [0.5, 0.6) is 0 Å². The van der Waals surface area contributed by atoms with Crippen molar-refractivity contribution in [2.24, 2.45) is 0 Å². The average Bonchev–Trinajstić information content (AvgIpc) is 1.88. The van der Waals surface area contributed by atoms with E-state index in [1.807, 2.05) is 6.92 Å². The summed E-state index contributed by atoms with van der Waals surface area (Å²) in [7, 11) is 0. The van der Waals surface area contributed by atoms with Gasteiger partial charge in [0.2, 0.25) is 5.91 Å². The lowest BCUT2D eigenvalue weighted by molar-refractivity contribution is -0.162. The molecule has 0 aliphatic rings. The van der Waals surface area contributed by atoms with E-state index >= 15 is 0 Å². The summed E-state index contributed by atoms with van der Waals surface area (Å²) in [5.41, 5.74) is 0. The average molecular weight is 146 g/mol. The van der Waals surface area contributed by atoms with Gasteiger partial charge in [-0.1, -0.05) is 0 Å². The first-order valence-electron chi connectivity index (χ1n) is 3.08. The fraction of sp³-hybridized carbons (Fsp3) is 0.667. The molecule has 0 saturated carbocycles. The molecular weight excluding hydrogens is 134 g/mol. The van der Waals surface area contributed by atoms with Crippen LogP contribution < -0.4 is 0 Å². The number of carbonyl (C=O) groups is 1. The Morgan fingerprint density at radius 1 is 1.80 bits per heavy atom. The molecule has 0 heterocycles. The summed E-state index contributed by atoms with van der Waals surface area (Å²) in [6.45, 7) is 5.94. The summed E-state index contributed by atoms with van der Waals surface area (Å²) in [5.74, 6) is -0.611. The molecule has 0 aliphatic carbocycles. The van der Waals surface area contributed by atoms with Crippen LogP contribution in [0.25, 0.3) is 0 Å². The van der Waals surface area contributed by atoms with Crippen LogP contribution in [0.4, 0.5) is 0 Å². The van der Waals surface area contributed by atoms with Crippen molar-refractivity contribution in [2.45, 2.75) is 6.92 Å². The van der Waals surface area contributed by atoms with E-state index in [9.17, 15) is 4.79 Å². The summed E-state index contributed by atoms with van der Waals surface area (Å²) in [4.78, 5) is 10.2. The molecule has 0 unspecified atom stereocenters. The topological polar surface area (TPSA) is 49.8 Å². The predicted octanol–water partition coefficient (Wildman–Crippen LogP) is 0.0748. The maximum absolute atomic E-state index is 10.2. The lowest BCUT2D eigenvalue weighted by Gasteiger charge is -2.11. The first kappa shape index (κ1) is 9.39. The number of ether oxygens (including phenoxy) is 1. The summed E-state index contributed by atoms with van der Waals surface area (Å²) in [6, 6.07) is 0. The van der Waals surface area contributed by atoms with Crippen LogP contribution in [-0.4, -0.2) is 35.9 Å². The molecule has 0 bridgehead atoms. The maximum atomic E-state index is 10.2. The zero-order valence-electron chi connectivity index (χ0n) is 6.04. The van der Waals surface area contributed by atoms with Gasteiger partial charge in [0.05, 0.1) is 13.2 Å². The number of amides is 1. The third kappa shape index (κ3) is 4.29. The molecule has 1 N–H and O–H groups in total. The van der Waals surface area contributed by atoms with Gasteiger partial charge >= 0.3 is 0 Å². The Bertz CT molecular complexity index is 105. The minimum atomic E-state index is -0.611. The number of carbonyl (C=O) groups excluding carboxylic acids is 1. The van der Waals surface area contributed by atoms with Gasteiger partial charge in [0.1, 0.15) is 0 Å². The van der Waals surface area contributed by atoms with Crippen LogP contribution in [0.1, 0.15) is 6.92 Å². The minimum absolute atomic E-state index is 0.177. The quantitative estimate of drug-likeness (QED) is 0.347. The highest BCUT2D eigenvalue weighted by atomic mass is 16.5. The molecule has 0 spiro atoms. The van der Waals surface area contributed by atoms with Crippen molar-refractivity contribution >= 4 is 5.91 Å². The smallest absolute Gasteiger partial charge is 0.246 e. The molecule has 0 aromatic carbocycles. The third-order valence-corrected chi connectivity index (χ3v) is 0.939. The summed E-state index contributed by atoms with van der Waals surface area (Å²) in [5, 5.41) is 9.22. The van der Waals surface area contributed by atoms with Gasteiger partial charge in [-0.15, -0.1) is 0 Å². The second-order valence-electron chi connectivity index (χ2n) is 1.71. The van der Waals surface area contributed by atoms with E-state index in [2.05, 4.69) is 6.92 Å². The molecule has 0 aromatic rings. The van der Waals surface area contributed by atoms with E-state index in [-0.39, 0.29) is 6.54 Å². The third-order valence-electron chi connectivity index (χ3n) is 0.939. The molecule has 0 saturated heterocycles. The SMILES string of the molecule is [CH2]C(=O)N(O)CCOCC. The number of hydrogen-bond donors (Lipinski definition) is 1. The zero-order valence-corrected chi connectivity index (χ0v) is 6.04. The van der Waals surface area contributed by atoms with E-state index < -0.39 is 5.91 Å². The lowest BCUT2D eigenvalue weighted by atomic mass is 10.6. The molecule has 4 heteroatoms. The van der Waals surface area contributed by atoms with Gasteiger partial charge in [-0.3, -0.25) is 10.0 Å². The number of nitrogens with zero attached hydrogens (tertiary/aromatic N) is 1. The van der Waals surface area contributed by atoms with E-state index in [4.69, 9.17) is 9.94 Å². The van der Waals surface area contributed by atoms with Crippen molar-refractivity contribution in [3.63, 3.8) is 0 Å². The van der Waals surface area contributed by atoms with Crippen LogP contribution in [0.15, 0.2) is 0 Å². The largest absolute Gasteiger partial charge is 0.380 e. The highest BCUT2D eigenvalue weighted by Gasteiger charge is 2.01. The van der Waals surface area contributed by atoms with E-state index in [1.165, 1.54) is 0 Å². The molecule has 10 heavy (non-hydrogen) atoms. The molecule has 0 aromatic heterocycles. The Labute approximate surface area is 60.3 Å². The van der Waals surface area contributed by atoms with E-state index in [0.717, 1.165) is 0 Å². The first-order valence-corrected chi connectivity index (χ1v) is 3.08. The number of hydrogen-bond acceptors (Lipinski definition) is 3. The monoisotopic (exact) mass is 146 g/mol. The Hall–Kier alpha value is -0.610. The summed E-state index contributed by atoms with van der Waals surface area (Å²) < 4.78 is 4.87. The molecule has 1 radical (unpaired) electrons. The van der Waals surface area contributed by atoms with Gasteiger partial charge in [-0.05, 0) is 6.92 Å². The summed E-state index contributed by atoms with van der Waals surface area (Å²) in [6.07, 6.45) is 0.